The zero-order valence-electron chi connectivity index (χ0n) is 12.9. The third-order valence-electron chi connectivity index (χ3n) is 3.86. The molecule has 23 heavy (non-hydrogen) atoms. The molecule has 0 aliphatic heterocycles. The van der Waals surface area contributed by atoms with Gasteiger partial charge in [0.25, 0.3) is 0 Å². The second-order valence-corrected chi connectivity index (χ2v) is 5.44. The van der Waals surface area contributed by atoms with Crippen LogP contribution in [0.1, 0.15) is 11.4 Å². The fraction of sp³-hybridized carbons (Fsp3) is 0.222. The maximum absolute atomic E-state index is 13.5. The van der Waals surface area contributed by atoms with Gasteiger partial charge in [-0.25, -0.2) is 9.37 Å². The number of halogens is 1. The van der Waals surface area contributed by atoms with Crippen LogP contribution in [0.25, 0.3) is 11.0 Å². The molecule has 0 saturated carbocycles. The Morgan fingerprint density at radius 1 is 1.17 bits per heavy atom. The summed E-state index contributed by atoms with van der Waals surface area (Å²) in [6, 6.07) is 14.2. The van der Waals surface area contributed by atoms with Gasteiger partial charge in [-0.15, -0.1) is 0 Å². The fourth-order valence-corrected chi connectivity index (χ4v) is 2.61. The van der Waals surface area contributed by atoms with E-state index < -0.39 is 0 Å². The van der Waals surface area contributed by atoms with Gasteiger partial charge < -0.3 is 9.88 Å². The van der Waals surface area contributed by atoms with Gasteiger partial charge in [-0.3, -0.25) is 4.79 Å². The average molecular weight is 311 g/mol. The third-order valence-corrected chi connectivity index (χ3v) is 3.86. The maximum atomic E-state index is 13.5. The van der Waals surface area contributed by atoms with Crippen molar-refractivity contribution in [2.45, 2.75) is 12.8 Å². The number of imidazole rings is 1. The molecule has 0 bridgehead atoms. The van der Waals surface area contributed by atoms with E-state index in [1.807, 2.05) is 35.9 Å². The molecule has 0 saturated heterocycles. The fourth-order valence-electron chi connectivity index (χ4n) is 2.61. The number of nitrogens with one attached hydrogen (secondary N) is 1. The van der Waals surface area contributed by atoms with Gasteiger partial charge in [-0.1, -0.05) is 30.3 Å². The number of carbonyl (C=O) groups is 1. The van der Waals surface area contributed by atoms with Crippen LogP contribution in [-0.4, -0.2) is 22.0 Å². The summed E-state index contributed by atoms with van der Waals surface area (Å²) in [7, 11) is 1.96. The molecule has 0 atom stereocenters. The summed E-state index contributed by atoms with van der Waals surface area (Å²) in [6.07, 6.45) is 0.684. The number of para-hydroxylation sites is 2. The van der Waals surface area contributed by atoms with E-state index >= 15 is 0 Å². The van der Waals surface area contributed by atoms with Crippen LogP contribution >= 0.6 is 0 Å². The number of fused-ring (bicyclic) bond motifs is 1. The van der Waals surface area contributed by atoms with Crippen molar-refractivity contribution < 1.29 is 9.18 Å². The summed E-state index contributed by atoms with van der Waals surface area (Å²) < 4.78 is 15.5. The van der Waals surface area contributed by atoms with E-state index in [4.69, 9.17) is 0 Å². The lowest BCUT2D eigenvalue weighted by atomic mass is 10.1. The topological polar surface area (TPSA) is 46.9 Å². The quantitative estimate of drug-likeness (QED) is 0.787. The normalized spacial score (nSPS) is 10.9. The molecule has 0 spiro atoms. The van der Waals surface area contributed by atoms with Gasteiger partial charge in [0.2, 0.25) is 5.91 Å². The lowest BCUT2D eigenvalue weighted by molar-refractivity contribution is -0.120. The molecule has 1 heterocycles. The van der Waals surface area contributed by atoms with Crippen molar-refractivity contribution in [2.24, 2.45) is 7.05 Å². The molecule has 0 unspecified atom stereocenters. The highest BCUT2D eigenvalue weighted by Crippen LogP contribution is 2.14. The Balaban J connectivity index is 1.57. The lowest BCUT2D eigenvalue weighted by Gasteiger charge is -2.06. The second kappa shape index (κ2) is 6.60. The Kier molecular flexibility index (Phi) is 4.37. The first kappa shape index (κ1) is 15.2. The highest BCUT2D eigenvalue weighted by molar-refractivity contribution is 5.78. The summed E-state index contributed by atoms with van der Waals surface area (Å²) in [6.45, 7) is 0.477. The van der Waals surface area contributed by atoms with Crippen molar-refractivity contribution in [1.29, 1.82) is 0 Å². The van der Waals surface area contributed by atoms with E-state index in [0.29, 0.717) is 18.5 Å². The minimum absolute atomic E-state index is 0.0508. The number of hydrogen-bond acceptors (Lipinski definition) is 2. The largest absolute Gasteiger partial charge is 0.355 e. The molecule has 0 fully saturated rings. The Hall–Kier alpha value is -2.69. The van der Waals surface area contributed by atoms with E-state index in [2.05, 4.69) is 10.3 Å². The zero-order chi connectivity index (χ0) is 16.2. The molecule has 5 heteroatoms. The Bertz CT molecular complexity index is 841. The summed E-state index contributed by atoms with van der Waals surface area (Å²) in [4.78, 5) is 16.5. The summed E-state index contributed by atoms with van der Waals surface area (Å²) in [5.74, 6) is 0.379. The van der Waals surface area contributed by atoms with Crippen molar-refractivity contribution in [2.75, 3.05) is 6.54 Å². The van der Waals surface area contributed by atoms with E-state index in [0.717, 1.165) is 16.9 Å². The highest BCUT2D eigenvalue weighted by Gasteiger charge is 2.09. The van der Waals surface area contributed by atoms with E-state index in [9.17, 15) is 9.18 Å². The van der Waals surface area contributed by atoms with Crippen LogP contribution in [-0.2, 0) is 24.7 Å². The average Bonchev–Trinajstić information content (AvgIpc) is 2.86. The molecule has 2 aromatic carbocycles. The van der Waals surface area contributed by atoms with Crippen LogP contribution in [0.5, 0.6) is 0 Å². The standard InChI is InChI=1S/C18H18FN3O/c1-22-16-9-5-4-8-15(16)21-17(22)10-11-20-18(23)12-13-6-2-3-7-14(13)19/h2-9H,10-12H2,1H3,(H,20,23). The molecule has 118 valence electrons. The predicted octanol–water partition coefficient (Wildman–Crippen LogP) is 2.61. The van der Waals surface area contributed by atoms with Crippen molar-refractivity contribution in [3.8, 4) is 0 Å². The monoisotopic (exact) mass is 311 g/mol. The van der Waals surface area contributed by atoms with E-state index in [-0.39, 0.29) is 18.1 Å². The number of amides is 1. The minimum Gasteiger partial charge on any atom is -0.355 e. The first-order chi connectivity index (χ1) is 11.1. The van der Waals surface area contributed by atoms with Crippen LogP contribution in [0.2, 0.25) is 0 Å². The van der Waals surface area contributed by atoms with Gasteiger partial charge in [0.1, 0.15) is 11.6 Å². The Morgan fingerprint density at radius 3 is 2.70 bits per heavy atom. The number of aryl methyl sites for hydroxylation is 1. The highest BCUT2D eigenvalue weighted by atomic mass is 19.1. The van der Waals surface area contributed by atoms with Crippen LogP contribution < -0.4 is 5.32 Å². The molecular weight excluding hydrogens is 293 g/mol. The maximum Gasteiger partial charge on any atom is 0.224 e. The number of nitrogens with zero attached hydrogens (tertiary/aromatic N) is 2. The first-order valence-corrected chi connectivity index (χ1v) is 7.55. The van der Waals surface area contributed by atoms with Crippen LogP contribution in [0, 0.1) is 5.82 Å². The van der Waals surface area contributed by atoms with Crippen molar-refractivity contribution in [3.63, 3.8) is 0 Å². The molecule has 3 aromatic rings. The van der Waals surface area contributed by atoms with Crippen molar-refractivity contribution in [3.05, 3.63) is 65.7 Å². The van der Waals surface area contributed by atoms with Crippen LogP contribution in [0.4, 0.5) is 4.39 Å². The SMILES string of the molecule is Cn1c(CCNC(=O)Cc2ccccc2F)nc2ccccc21. The zero-order valence-corrected chi connectivity index (χ0v) is 12.9. The smallest absolute Gasteiger partial charge is 0.224 e. The molecule has 4 nitrogen and oxygen atoms in total. The summed E-state index contributed by atoms with van der Waals surface area (Å²) in [5.41, 5.74) is 2.43. The van der Waals surface area contributed by atoms with Crippen molar-refractivity contribution in [1.82, 2.24) is 14.9 Å². The summed E-state index contributed by atoms with van der Waals surface area (Å²) in [5, 5.41) is 2.82. The van der Waals surface area contributed by atoms with Gasteiger partial charge in [0.15, 0.2) is 0 Å². The molecular formula is C18H18FN3O. The van der Waals surface area contributed by atoms with Crippen LogP contribution in [0.3, 0.4) is 0 Å². The minimum atomic E-state index is -0.349. The Labute approximate surface area is 134 Å². The van der Waals surface area contributed by atoms with Crippen molar-refractivity contribution >= 4 is 16.9 Å². The number of carbonyl (C=O) groups excluding carboxylic acids is 1. The van der Waals surface area contributed by atoms with E-state index in [1.54, 1.807) is 18.2 Å². The Morgan fingerprint density at radius 2 is 1.91 bits per heavy atom. The van der Waals surface area contributed by atoms with Crippen LogP contribution in [0.15, 0.2) is 48.5 Å². The molecule has 1 aromatic heterocycles. The number of hydrogen-bond donors (Lipinski definition) is 1. The number of aromatic nitrogens is 2. The van der Waals surface area contributed by atoms with Gasteiger partial charge in [-0.2, -0.15) is 0 Å². The number of benzene rings is 2. The lowest BCUT2D eigenvalue weighted by Crippen LogP contribution is -2.28. The van der Waals surface area contributed by atoms with E-state index in [1.165, 1.54) is 6.07 Å². The molecule has 3 rings (SSSR count). The molecule has 1 N–H and O–H groups in total. The van der Waals surface area contributed by atoms with Gasteiger partial charge in [0, 0.05) is 20.0 Å². The number of rotatable bonds is 5. The predicted molar refractivity (Wildman–Crippen MR) is 87.5 cm³/mol. The summed E-state index contributed by atoms with van der Waals surface area (Å²) >= 11 is 0. The molecule has 0 aliphatic rings. The molecule has 0 aliphatic carbocycles. The molecule has 0 radical (unpaired) electrons. The first-order valence-electron chi connectivity index (χ1n) is 7.55. The van der Waals surface area contributed by atoms with Gasteiger partial charge in [-0.05, 0) is 23.8 Å². The molecule has 1 amide bonds. The van der Waals surface area contributed by atoms with Gasteiger partial charge >= 0.3 is 0 Å². The third kappa shape index (κ3) is 3.39. The second-order valence-electron chi connectivity index (χ2n) is 5.44. The van der Waals surface area contributed by atoms with Gasteiger partial charge in [0.05, 0.1) is 17.5 Å².